The highest BCUT2D eigenvalue weighted by Gasteiger charge is 2.67. The lowest BCUT2D eigenvalue weighted by Crippen LogP contribution is -2.48. The van der Waals surface area contributed by atoms with Crippen LogP contribution in [0.1, 0.15) is 48.0 Å². The Morgan fingerprint density at radius 2 is 1.90 bits per heavy atom. The minimum Gasteiger partial charge on any atom is -0.459 e. The first kappa shape index (κ1) is 15.7. The number of hydrogen-bond acceptors (Lipinski definition) is 5. The number of rotatable bonds is 1. The van der Waals surface area contributed by atoms with Crippen LogP contribution in [0.4, 0.5) is 0 Å². The molecule has 2 aliphatic rings. The molecule has 0 unspecified atom stereocenters. The molecule has 0 radical (unpaired) electrons. The van der Waals surface area contributed by atoms with Gasteiger partial charge in [0.05, 0.1) is 0 Å². The average molecular weight is 294 g/mol. The number of ether oxygens (including phenoxy) is 2. The summed E-state index contributed by atoms with van der Waals surface area (Å²) < 4.78 is 10.9. The van der Waals surface area contributed by atoms with Crippen molar-refractivity contribution < 1.29 is 23.9 Å². The molecule has 0 saturated carbocycles. The van der Waals surface area contributed by atoms with Crippen molar-refractivity contribution in [3.8, 4) is 0 Å². The van der Waals surface area contributed by atoms with Gasteiger partial charge in [0.2, 0.25) is 0 Å². The summed E-state index contributed by atoms with van der Waals surface area (Å²) >= 11 is 0. The highest BCUT2D eigenvalue weighted by Crippen LogP contribution is 2.53. The van der Waals surface area contributed by atoms with Crippen molar-refractivity contribution in [1.82, 2.24) is 0 Å². The molecular weight excluding hydrogens is 272 g/mol. The fourth-order valence-electron chi connectivity index (χ4n) is 3.07. The maximum atomic E-state index is 12.5. The monoisotopic (exact) mass is 294 g/mol. The van der Waals surface area contributed by atoms with Gasteiger partial charge in [0, 0.05) is 12.3 Å². The van der Waals surface area contributed by atoms with Gasteiger partial charge in [0.1, 0.15) is 11.2 Å². The number of carbonyl (C=O) groups excluding carboxylic acids is 3. The van der Waals surface area contributed by atoms with Gasteiger partial charge in [-0.05, 0) is 53.2 Å². The SMILES string of the molecule is CC1=CC(=O)C[C@@H]2[C@](C)(C(=O)OC(C)(C)C)C(=O)O[C@]12C. The normalized spacial score (nSPS) is 35.9. The van der Waals surface area contributed by atoms with E-state index in [0.717, 1.165) is 0 Å². The molecule has 1 heterocycles. The van der Waals surface area contributed by atoms with Gasteiger partial charge in [-0.3, -0.25) is 14.4 Å². The highest BCUT2D eigenvalue weighted by atomic mass is 16.6. The van der Waals surface area contributed by atoms with E-state index in [1.807, 2.05) is 0 Å². The Kier molecular flexibility index (Phi) is 3.31. The zero-order valence-corrected chi connectivity index (χ0v) is 13.4. The zero-order valence-electron chi connectivity index (χ0n) is 13.4. The topological polar surface area (TPSA) is 69.7 Å². The van der Waals surface area contributed by atoms with Crippen molar-refractivity contribution in [1.29, 1.82) is 0 Å². The van der Waals surface area contributed by atoms with Gasteiger partial charge in [-0.2, -0.15) is 0 Å². The third-order valence-electron chi connectivity index (χ3n) is 4.48. The second-order valence-electron chi connectivity index (χ2n) is 7.25. The van der Waals surface area contributed by atoms with Gasteiger partial charge in [-0.15, -0.1) is 0 Å². The zero-order chi connectivity index (χ0) is 16.2. The summed E-state index contributed by atoms with van der Waals surface area (Å²) in [6.07, 6.45) is 1.60. The fraction of sp³-hybridized carbons (Fsp3) is 0.688. The molecule has 0 spiro atoms. The molecule has 0 amide bonds. The van der Waals surface area contributed by atoms with Crippen LogP contribution in [0.15, 0.2) is 11.6 Å². The van der Waals surface area contributed by atoms with Crippen LogP contribution in [0.2, 0.25) is 0 Å². The molecule has 1 aliphatic heterocycles. The summed E-state index contributed by atoms with van der Waals surface area (Å²) in [4.78, 5) is 36.8. The summed E-state index contributed by atoms with van der Waals surface area (Å²) in [6.45, 7) is 10.2. The van der Waals surface area contributed by atoms with Crippen molar-refractivity contribution in [3.63, 3.8) is 0 Å². The van der Waals surface area contributed by atoms with E-state index in [1.165, 1.54) is 13.0 Å². The molecule has 0 aromatic heterocycles. The number of carbonyl (C=O) groups is 3. The first-order valence-electron chi connectivity index (χ1n) is 7.10. The number of ketones is 1. The van der Waals surface area contributed by atoms with Gasteiger partial charge >= 0.3 is 11.9 Å². The maximum absolute atomic E-state index is 12.5. The molecule has 1 fully saturated rings. The van der Waals surface area contributed by atoms with Crippen molar-refractivity contribution in [3.05, 3.63) is 11.6 Å². The van der Waals surface area contributed by atoms with Gasteiger partial charge in [0.15, 0.2) is 11.2 Å². The molecule has 1 aliphatic carbocycles. The highest BCUT2D eigenvalue weighted by molar-refractivity contribution is 6.04. The number of esters is 2. The second-order valence-corrected chi connectivity index (χ2v) is 7.25. The molecule has 0 N–H and O–H groups in total. The minimum absolute atomic E-state index is 0.0944. The molecule has 5 heteroatoms. The van der Waals surface area contributed by atoms with Crippen LogP contribution < -0.4 is 0 Å². The van der Waals surface area contributed by atoms with E-state index in [4.69, 9.17) is 9.47 Å². The number of hydrogen-bond donors (Lipinski definition) is 0. The first-order chi connectivity index (χ1) is 9.41. The standard InChI is InChI=1S/C16H22O5/c1-9-7-10(17)8-11-15(5,12(18)20-14(2,3)4)13(19)21-16(9,11)6/h7,11H,8H2,1-6H3/t11-,15-,16-/m1/s1. The maximum Gasteiger partial charge on any atom is 0.324 e. The number of fused-ring (bicyclic) bond motifs is 1. The molecule has 5 nitrogen and oxygen atoms in total. The van der Waals surface area contributed by atoms with Crippen molar-refractivity contribution in [2.75, 3.05) is 0 Å². The quantitative estimate of drug-likeness (QED) is 0.547. The fourth-order valence-corrected chi connectivity index (χ4v) is 3.07. The molecule has 0 bridgehead atoms. The van der Waals surface area contributed by atoms with Crippen LogP contribution in [0, 0.1) is 11.3 Å². The van der Waals surface area contributed by atoms with Crippen LogP contribution in [0.3, 0.4) is 0 Å². The lowest BCUT2D eigenvalue weighted by molar-refractivity contribution is -0.173. The Hall–Kier alpha value is -1.65. The molecule has 1 saturated heterocycles. The Morgan fingerprint density at radius 1 is 1.33 bits per heavy atom. The summed E-state index contributed by atoms with van der Waals surface area (Å²) in [5.41, 5.74) is -2.41. The Balaban J connectivity index is 2.45. The molecule has 116 valence electrons. The number of allylic oxidation sites excluding steroid dienone is 1. The molecule has 0 aromatic rings. The van der Waals surface area contributed by atoms with E-state index in [9.17, 15) is 14.4 Å². The van der Waals surface area contributed by atoms with Gasteiger partial charge in [0.25, 0.3) is 0 Å². The van der Waals surface area contributed by atoms with Crippen LogP contribution in [0.25, 0.3) is 0 Å². The smallest absolute Gasteiger partial charge is 0.324 e. The Labute approximate surface area is 124 Å². The van der Waals surface area contributed by atoms with Crippen LogP contribution >= 0.6 is 0 Å². The van der Waals surface area contributed by atoms with E-state index in [-0.39, 0.29) is 12.2 Å². The largest absolute Gasteiger partial charge is 0.459 e. The van der Waals surface area contributed by atoms with Crippen LogP contribution in [0.5, 0.6) is 0 Å². The van der Waals surface area contributed by atoms with E-state index in [1.54, 1.807) is 34.6 Å². The van der Waals surface area contributed by atoms with Crippen LogP contribution in [-0.2, 0) is 23.9 Å². The predicted octanol–water partition coefficient (Wildman–Crippen LogP) is 2.19. The third kappa shape index (κ3) is 2.28. The van der Waals surface area contributed by atoms with Gasteiger partial charge in [-0.1, -0.05) is 0 Å². The Morgan fingerprint density at radius 3 is 2.43 bits per heavy atom. The Bertz CT molecular complexity index is 554. The van der Waals surface area contributed by atoms with E-state index in [2.05, 4.69) is 0 Å². The van der Waals surface area contributed by atoms with E-state index in [0.29, 0.717) is 5.57 Å². The molecule has 3 atom stereocenters. The molecule has 21 heavy (non-hydrogen) atoms. The average Bonchev–Trinajstić information content (AvgIpc) is 2.49. The van der Waals surface area contributed by atoms with Gasteiger partial charge < -0.3 is 9.47 Å². The van der Waals surface area contributed by atoms with E-state index < -0.39 is 34.5 Å². The third-order valence-corrected chi connectivity index (χ3v) is 4.48. The first-order valence-corrected chi connectivity index (χ1v) is 7.10. The van der Waals surface area contributed by atoms with Gasteiger partial charge in [-0.25, -0.2) is 0 Å². The second kappa shape index (κ2) is 4.42. The molecular formula is C16H22O5. The summed E-state index contributed by atoms with van der Waals surface area (Å²) in [5, 5.41) is 0. The van der Waals surface area contributed by atoms with E-state index >= 15 is 0 Å². The minimum atomic E-state index is -1.45. The molecule has 0 aromatic carbocycles. The van der Waals surface area contributed by atoms with Crippen molar-refractivity contribution in [2.24, 2.45) is 11.3 Å². The summed E-state index contributed by atoms with van der Waals surface area (Å²) in [5.74, 6) is -1.88. The van der Waals surface area contributed by atoms with Crippen molar-refractivity contribution in [2.45, 2.75) is 59.2 Å². The van der Waals surface area contributed by atoms with Crippen LogP contribution in [-0.4, -0.2) is 28.9 Å². The lowest BCUT2D eigenvalue weighted by Gasteiger charge is -2.37. The predicted molar refractivity (Wildman–Crippen MR) is 75.3 cm³/mol. The molecule has 2 rings (SSSR count). The lowest BCUT2D eigenvalue weighted by atomic mass is 9.65. The van der Waals surface area contributed by atoms with Crippen molar-refractivity contribution >= 4 is 17.7 Å². The summed E-state index contributed by atoms with van der Waals surface area (Å²) in [7, 11) is 0. The summed E-state index contributed by atoms with van der Waals surface area (Å²) in [6, 6.07) is 0.